The number of nitrogens with zero attached hydrogens (tertiary/aromatic N) is 2. The lowest BCUT2D eigenvalue weighted by atomic mass is 10.2. The third kappa shape index (κ3) is 4.66. The molecule has 1 aromatic carbocycles. The number of primary sulfonamides is 1. The number of nitrogens with two attached hydrogens (primary N) is 2. The zero-order valence-corrected chi connectivity index (χ0v) is 13.2. The minimum Gasteiger partial charge on any atom is -0.397 e. The van der Waals surface area contributed by atoms with E-state index in [1.165, 1.54) is 12.1 Å². The molecule has 0 fully saturated rings. The molecule has 7 heteroatoms. The second-order valence-electron chi connectivity index (χ2n) is 5.00. The van der Waals surface area contributed by atoms with Gasteiger partial charge in [0.15, 0.2) is 0 Å². The second-order valence-corrected chi connectivity index (χ2v) is 6.56. The Morgan fingerprint density at radius 2 is 1.85 bits per heavy atom. The van der Waals surface area contributed by atoms with Gasteiger partial charge in [0.05, 0.1) is 16.3 Å². The van der Waals surface area contributed by atoms with Crippen LogP contribution in [-0.2, 0) is 10.0 Å². The normalized spacial score (nSPS) is 11.8. The molecule has 0 unspecified atom stereocenters. The third-order valence-electron chi connectivity index (χ3n) is 3.08. The van der Waals surface area contributed by atoms with Gasteiger partial charge in [-0.3, -0.25) is 0 Å². The van der Waals surface area contributed by atoms with Crippen molar-refractivity contribution < 1.29 is 8.42 Å². The first-order valence-corrected chi connectivity index (χ1v) is 8.12. The van der Waals surface area contributed by atoms with Crippen LogP contribution in [0.15, 0.2) is 23.1 Å². The Hall–Kier alpha value is -1.31. The molecule has 0 saturated heterocycles. The minimum absolute atomic E-state index is 0.0445. The number of nitrogen functional groups attached to an aromatic ring is 1. The number of hydrogen-bond acceptors (Lipinski definition) is 5. The molecule has 0 aliphatic rings. The van der Waals surface area contributed by atoms with E-state index in [2.05, 4.69) is 9.80 Å². The summed E-state index contributed by atoms with van der Waals surface area (Å²) in [6.45, 7) is 4.72. The predicted molar refractivity (Wildman–Crippen MR) is 83.3 cm³/mol. The van der Waals surface area contributed by atoms with Crippen LogP contribution < -0.4 is 15.8 Å². The number of sulfonamides is 1. The van der Waals surface area contributed by atoms with Crippen molar-refractivity contribution in [2.24, 2.45) is 5.14 Å². The van der Waals surface area contributed by atoms with Crippen molar-refractivity contribution >= 4 is 21.4 Å². The highest BCUT2D eigenvalue weighted by atomic mass is 32.2. The van der Waals surface area contributed by atoms with E-state index in [4.69, 9.17) is 10.9 Å². The van der Waals surface area contributed by atoms with Crippen molar-refractivity contribution in [3.8, 4) is 0 Å². The molecule has 0 saturated carbocycles. The summed E-state index contributed by atoms with van der Waals surface area (Å²) < 4.78 is 22.6. The molecular weight excluding hydrogens is 276 g/mol. The zero-order chi connectivity index (χ0) is 15.3. The number of rotatable bonds is 7. The summed E-state index contributed by atoms with van der Waals surface area (Å²) in [5, 5.41) is 5.10. The first-order valence-electron chi connectivity index (χ1n) is 6.57. The Bertz CT molecular complexity index is 543. The molecule has 0 heterocycles. The molecule has 0 radical (unpaired) electrons. The molecule has 0 aliphatic carbocycles. The van der Waals surface area contributed by atoms with Crippen LogP contribution >= 0.6 is 0 Å². The van der Waals surface area contributed by atoms with Crippen LogP contribution in [0.5, 0.6) is 0 Å². The average molecular weight is 300 g/mol. The largest absolute Gasteiger partial charge is 0.397 e. The van der Waals surface area contributed by atoms with Crippen molar-refractivity contribution in [2.45, 2.75) is 18.2 Å². The summed E-state index contributed by atoms with van der Waals surface area (Å²) >= 11 is 0. The number of anilines is 2. The summed E-state index contributed by atoms with van der Waals surface area (Å²) in [5.74, 6) is 0. The monoisotopic (exact) mass is 300 g/mol. The lowest BCUT2D eigenvalue weighted by Gasteiger charge is -2.25. The van der Waals surface area contributed by atoms with Crippen molar-refractivity contribution in [3.63, 3.8) is 0 Å². The van der Waals surface area contributed by atoms with Crippen LogP contribution in [0.4, 0.5) is 11.4 Å². The Morgan fingerprint density at radius 1 is 1.20 bits per heavy atom. The predicted octanol–water partition coefficient (Wildman–Crippen LogP) is 0.694. The average Bonchev–Trinajstić information content (AvgIpc) is 2.34. The fraction of sp³-hybridized carbons (Fsp3) is 0.538. The first-order chi connectivity index (χ1) is 9.25. The lowest BCUT2D eigenvalue weighted by Crippen LogP contribution is -2.27. The third-order valence-corrected chi connectivity index (χ3v) is 3.99. The summed E-state index contributed by atoms with van der Waals surface area (Å²) in [6, 6.07) is 4.63. The summed E-state index contributed by atoms with van der Waals surface area (Å²) in [5.41, 5.74) is 7.23. The molecular formula is C13H24N4O2S. The van der Waals surface area contributed by atoms with E-state index in [0.717, 1.165) is 31.7 Å². The van der Waals surface area contributed by atoms with E-state index < -0.39 is 10.0 Å². The van der Waals surface area contributed by atoms with E-state index in [1.54, 1.807) is 6.07 Å². The van der Waals surface area contributed by atoms with E-state index in [9.17, 15) is 8.42 Å². The Kier molecular flexibility index (Phi) is 5.79. The summed E-state index contributed by atoms with van der Waals surface area (Å²) in [6.07, 6.45) is 1.01. The molecule has 20 heavy (non-hydrogen) atoms. The van der Waals surface area contributed by atoms with Crippen LogP contribution in [0.1, 0.15) is 13.3 Å². The zero-order valence-electron chi connectivity index (χ0n) is 12.3. The van der Waals surface area contributed by atoms with Gasteiger partial charge in [0, 0.05) is 13.1 Å². The van der Waals surface area contributed by atoms with Gasteiger partial charge in [0.2, 0.25) is 10.0 Å². The smallest absolute Gasteiger partial charge is 0.238 e. The van der Waals surface area contributed by atoms with Gasteiger partial charge in [-0.1, -0.05) is 0 Å². The Morgan fingerprint density at radius 3 is 2.30 bits per heavy atom. The van der Waals surface area contributed by atoms with Gasteiger partial charge in [0.25, 0.3) is 0 Å². The van der Waals surface area contributed by atoms with Crippen molar-refractivity contribution in [1.82, 2.24) is 4.90 Å². The molecule has 0 aliphatic heterocycles. The highest BCUT2D eigenvalue weighted by Crippen LogP contribution is 2.26. The highest BCUT2D eigenvalue weighted by Gasteiger charge is 2.13. The molecule has 1 aromatic rings. The van der Waals surface area contributed by atoms with Crippen LogP contribution in [-0.4, -0.2) is 47.0 Å². The molecule has 0 amide bonds. The maximum Gasteiger partial charge on any atom is 0.238 e. The maximum atomic E-state index is 11.3. The van der Waals surface area contributed by atoms with E-state index >= 15 is 0 Å². The lowest BCUT2D eigenvalue weighted by molar-refractivity contribution is 0.400. The van der Waals surface area contributed by atoms with Gasteiger partial charge in [-0.15, -0.1) is 0 Å². The van der Waals surface area contributed by atoms with Gasteiger partial charge in [-0.2, -0.15) is 0 Å². The van der Waals surface area contributed by atoms with Gasteiger partial charge in [-0.25, -0.2) is 13.6 Å². The van der Waals surface area contributed by atoms with Crippen LogP contribution in [0.25, 0.3) is 0 Å². The van der Waals surface area contributed by atoms with E-state index in [-0.39, 0.29) is 4.90 Å². The summed E-state index contributed by atoms with van der Waals surface area (Å²) in [7, 11) is 0.359. The molecule has 0 aromatic heterocycles. The molecule has 0 bridgehead atoms. The maximum absolute atomic E-state index is 11.3. The van der Waals surface area contributed by atoms with Crippen LogP contribution in [0.3, 0.4) is 0 Å². The van der Waals surface area contributed by atoms with Gasteiger partial charge in [-0.05, 0) is 52.2 Å². The van der Waals surface area contributed by atoms with E-state index in [1.807, 2.05) is 21.0 Å². The standard InChI is InChI=1S/C13H24N4O2S/c1-4-17(9-5-8-16(2)3)13-7-6-11(10-12(13)14)20(15,18)19/h6-7,10H,4-5,8-9,14H2,1-3H3,(H2,15,18,19). The van der Waals surface area contributed by atoms with Crippen molar-refractivity contribution in [1.29, 1.82) is 0 Å². The van der Waals surface area contributed by atoms with E-state index in [0.29, 0.717) is 5.69 Å². The molecule has 4 N–H and O–H groups in total. The molecule has 1 rings (SSSR count). The minimum atomic E-state index is -3.71. The first kappa shape index (κ1) is 16.7. The van der Waals surface area contributed by atoms with Crippen LogP contribution in [0, 0.1) is 0 Å². The molecule has 0 atom stereocenters. The fourth-order valence-electron chi connectivity index (χ4n) is 2.02. The quantitative estimate of drug-likeness (QED) is 0.723. The number of benzene rings is 1. The van der Waals surface area contributed by atoms with Gasteiger partial charge in [0.1, 0.15) is 0 Å². The molecule has 0 spiro atoms. The highest BCUT2D eigenvalue weighted by molar-refractivity contribution is 7.89. The Labute approximate surface area is 121 Å². The fourth-order valence-corrected chi connectivity index (χ4v) is 2.57. The SMILES string of the molecule is CCN(CCCN(C)C)c1ccc(S(N)(=O)=O)cc1N. The van der Waals surface area contributed by atoms with Gasteiger partial charge < -0.3 is 15.5 Å². The summed E-state index contributed by atoms with van der Waals surface area (Å²) in [4.78, 5) is 4.30. The second kappa shape index (κ2) is 6.92. The molecule has 6 nitrogen and oxygen atoms in total. The van der Waals surface area contributed by atoms with Crippen LogP contribution in [0.2, 0.25) is 0 Å². The Balaban J connectivity index is 2.88. The number of hydrogen-bond donors (Lipinski definition) is 2. The van der Waals surface area contributed by atoms with Crippen molar-refractivity contribution in [2.75, 3.05) is 44.4 Å². The van der Waals surface area contributed by atoms with Gasteiger partial charge >= 0.3 is 0 Å². The topological polar surface area (TPSA) is 92.7 Å². The molecule has 114 valence electrons. The van der Waals surface area contributed by atoms with Crippen molar-refractivity contribution in [3.05, 3.63) is 18.2 Å².